The van der Waals surface area contributed by atoms with Crippen LogP contribution in [0.4, 0.5) is 12.3 Å². The van der Waals surface area contributed by atoms with Crippen molar-refractivity contribution in [2.24, 2.45) is 0 Å². The molecule has 0 unspecified atom stereocenters. The largest absolute Gasteiger partial charge is 0.653 e. The molecule has 0 bridgehead atoms. The summed E-state index contributed by atoms with van der Waals surface area (Å²) in [6.45, 7) is 3.33. The van der Waals surface area contributed by atoms with E-state index in [2.05, 4.69) is 6.58 Å². The molecule has 0 aromatic heterocycles. The molecule has 0 aliphatic rings. The number of halogens is 3. The van der Waals surface area contributed by atoms with E-state index in [0.717, 1.165) is 6.07 Å². The van der Waals surface area contributed by atoms with Crippen LogP contribution in [0.15, 0.2) is 30.8 Å². The summed E-state index contributed by atoms with van der Waals surface area (Å²) < 4.78 is 37.0. The number of hydrogen-bond acceptors (Lipinski definition) is 0. The van der Waals surface area contributed by atoms with E-state index >= 15 is 0 Å². The smallest absolute Gasteiger partial charge is 0.234 e. The minimum atomic E-state index is -5.67. The second kappa shape index (κ2) is 3.14. The van der Waals surface area contributed by atoms with Crippen LogP contribution in [-0.2, 0) is 0 Å². The minimum Gasteiger partial charge on any atom is -0.234 e. The van der Waals surface area contributed by atoms with Gasteiger partial charge in [-0.3, -0.25) is 0 Å². The zero-order valence-electron chi connectivity index (χ0n) is 6.23. The Morgan fingerprint density at radius 1 is 1.17 bits per heavy atom. The van der Waals surface area contributed by atoms with E-state index in [4.69, 9.17) is 0 Å². The molecule has 1 aromatic rings. The van der Waals surface area contributed by atoms with E-state index in [1.54, 1.807) is 6.07 Å². The van der Waals surface area contributed by atoms with Crippen molar-refractivity contribution in [2.75, 3.05) is 0 Å². The lowest BCUT2D eigenvalue weighted by Crippen LogP contribution is -2.35. The summed E-state index contributed by atoms with van der Waals surface area (Å²) in [6, 6.07) is 5.48. The van der Waals surface area contributed by atoms with Crippen molar-refractivity contribution in [3.05, 3.63) is 36.4 Å². The summed E-state index contributed by atoms with van der Waals surface area (Å²) in [5.41, 5.74) is 0.177. The molecular formula is C8H7F3Si. The van der Waals surface area contributed by atoms with Gasteiger partial charge in [0.25, 0.3) is 0 Å². The SMILES string of the molecule is C=Cc1ccccc1[Si](F)(F)F. The molecule has 1 aromatic carbocycles. The maximum atomic E-state index is 12.3. The Morgan fingerprint density at radius 2 is 1.75 bits per heavy atom. The van der Waals surface area contributed by atoms with Crippen molar-refractivity contribution in [1.82, 2.24) is 0 Å². The molecule has 0 N–H and O–H groups in total. The lowest BCUT2D eigenvalue weighted by Gasteiger charge is -2.05. The summed E-state index contributed by atoms with van der Waals surface area (Å²) in [5, 5.41) is -0.500. The van der Waals surface area contributed by atoms with Gasteiger partial charge in [-0.05, 0) is 5.56 Å². The number of benzene rings is 1. The Kier molecular flexibility index (Phi) is 2.37. The fraction of sp³-hybridized carbons (Fsp3) is 0. The minimum absolute atomic E-state index is 0.177. The van der Waals surface area contributed by atoms with Gasteiger partial charge in [-0.25, -0.2) is 12.3 Å². The Balaban J connectivity index is 3.23. The van der Waals surface area contributed by atoms with E-state index in [1.165, 1.54) is 18.2 Å². The topological polar surface area (TPSA) is 0 Å². The highest BCUT2D eigenvalue weighted by molar-refractivity contribution is 6.74. The van der Waals surface area contributed by atoms with Crippen LogP contribution in [-0.4, -0.2) is 9.08 Å². The summed E-state index contributed by atoms with van der Waals surface area (Å²) in [6.07, 6.45) is 1.23. The first-order valence-electron chi connectivity index (χ1n) is 3.34. The van der Waals surface area contributed by atoms with E-state index in [0.29, 0.717) is 0 Å². The van der Waals surface area contributed by atoms with Crippen molar-refractivity contribution in [3.8, 4) is 0 Å². The van der Waals surface area contributed by atoms with Gasteiger partial charge in [-0.15, -0.1) is 0 Å². The van der Waals surface area contributed by atoms with Gasteiger partial charge in [-0.2, -0.15) is 0 Å². The van der Waals surface area contributed by atoms with Crippen LogP contribution in [0, 0.1) is 0 Å². The molecule has 0 spiro atoms. The molecule has 0 radical (unpaired) electrons. The van der Waals surface area contributed by atoms with Crippen LogP contribution in [0.5, 0.6) is 0 Å². The summed E-state index contributed by atoms with van der Waals surface area (Å²) in [4.78, 5) is 0. The fourth-order valence-corrected chi connectivity index (χ4v) is 1.73. The third-order valence-corrected chi connectivity index (χ3v) is 2.55. The average Bonchev–Trinajstić information content (AvgIpc) is 2.03. The molecule has 0 saturated carbocycles. The third kappa shape index (κ3) is 1.76. The summed E-state index contributed by atoms with van der Waals surface area (Å²) >= 11 is 0. The molecule has 1 rings (SSSR count). The van der Waals surface area contributed by atoms with Crippen LogP contribution in [0.3, 0.4) is 0 Å². The number of hydrogen-bond donors (Lipinski definition) is 0. The Morgan fingerprint density at radius 3 is 2.17 bits per heavy atom. The first-order chi connectivity index (χ1) is 5.55. The molecule has 12 heavy (non-hydrogen) atoms. The van der Waals surface area contributed by atoms with Crippen molar-refractivity contribution in [3.63, 3.8) is 0 Å². The zero-order chi connectivity index (χ0) is 9.19. The molecule has 0 fully saturated rings. The van der Waals surface area contributed by atoms with Crippen LogP contribution < -0.4 is 5.19 Å². The van der Waals surface area contributed by atoms with Gasteiger partial charge in [-0.1, -0.05) is 36.9 Å². The average molecular weight is 188 g/mol. The second-order valence-corrected chi connectivity index (χ2v) is 3.82. The van der Waals surface area contributed by atoms with Crippen molar-refractivity contribution in [1.29, 1.82) is 0 Å². The van der Waals surface area contributed by atoms with Gasteiger partial charge in [0.15, 0.2) is 0 Å². The quantitative estimate of drug-likeness (QED) is 0.494. The number of rotatable bonds is 2. The standard InChI is InChI=1S/C8H7F3Si/c1-2-7-5-3-4-6-8(7)12(9,10)11/h2-6H,1H2. The molecule has 0 aliphatic heterocycles. The molecule has 0 heterocycles. The summed E-state index contributed by atoms with van der Waals surface area (Å²) in [5.74, 6) is 0. The maximum Gasteiger partial charge on any atom is 0.653 e. The van der Waals surface area contributed by atoms with Crippen LogP contribution >= 0.6 is 0 Å². The second-order valence-electron chi connectivity index (χ2n) is 2.29. The monoisotopic (exact) mass is 188 g/mol. The van der Waals surface area contributed by atoms with Gasteiger partial charge >= 0.3 is 9.08 Å². The predicted octanol–water partition coefficient (Wildman–Crippen LogP) is 2.38. The normalized spacial score (nSPS) is 11.2. The van der Waals surface area contributed by atoms with E-state index in [9.17, 15) is 12.3 Å². The summed E-state index contributed by atoms with van der Waals surface area (Å²) in [7, 11) is -5.67. The maximum absolute atomic E-state index is 12.3. The Hall–Kier alpha value is -1.03. The zero-order valence-corrected chi connectivity index (χ0v) is 7.23. The molecule has 64 valence electrons. The molecule has 0 atom stereocenters. The van der Waals surface area contributed by atoms with Crippen LogP contribution in [0.1, 0.15) is 5.56 Å². The van der Waals surface area contributed by atoms with Gasteiger partial charge in [0, 0.05) is 5.19 Å². The van der Waals surface area contributed by atoms with Crippen LogP contribution in [0.2, 0.25) is 0 Å². The lowest BCUT2D eigenvalue weighted by molar-refractivity contribution is 0.501. The molecule has 0 saturated heterocycles. The highest BCUT2D eigenvalue weighted by atomic mass is 28.5. The molecule has 0 nitrogen and oxygen atoms in total. The molecule has 4 heteroatoms. The highest BCUT2D eigenvalue weighted by Crippen LogP contribution is 2.12. The highest BCUT2D eigenvalue weighted by Gasteiger charge is 2.41. The van der Waals surface area contributed by atoms with Crippen molar-refractivity contribution >= 4 is 20.3 Å². The molecule has 0 amide bonds. The van der Waals surface area contributed by atoms with Gasteiger partial charge in [0.2, 0.25) is 0 Å². The van der Waals surface area contributed by atoms with E-state index < -0.39 is 14.3 Å². The van der Waals surface area contributed by atoms with E-state index in [1.807, 2.05) is 0 Å². The molecule has 0 aliphatic carbocycles. The van der Waals surface area contributed by atoms with Crippen molar-refractivity contribution in [2.45, 2.75) is 0 Å². The van der Waals surface area contributed by atoms with E-state index in [-0.39, 0.29) is 5.56 Å². The van der Waals surface area contributed by atoms with Gasteiger partial charge < -0.3 is 0 Å². The van der Waals surface area contributed by atoms with Crippen molar-refractivity contribution < 1.29 is 12.3 Å². The van der Waals surface area contributed by atoms with Gasteiger partial charge in [0.05, 0.1) is 0 Å². The first kappa shape index (κ1) is 9.06. The molecular weight excluding hydrogens is 181 g/mol. The predicted molar refractivity (Wildman–Crippen MR) is 45.2 cm³/mol. The Labute approximate surface area is 69.9 Å². The first-order valence-corrected chi connectivity index (χ1v) is 4.98. The fourth-order valence-electron chi connectivity index (χ4n) is 0.933. The lowest BCUT2D eigenvalue weighted by atomic mass is 10.2. The Bertz CT molecular complexity index is 291. The third-order valence-electron chi connectivity index (χ3n) is 1.49. The van der Waals surface area contributed by atoms with Gasteiger partial charge in [0.1, 0.15) is 0 Å². The van der Waals surface area contributed by atoms with Crippen LogP contribution in [0.25, 0.3) is 6.08 Å².